The van der Waals surface area contributed by atoms with Crippen LogP contribution in [0.5, 0.6) is 5.75 Å². The molecule has 3 aromatic carbocycles. The number of carbonyl (C=O) groups is 2. The molecule has 1 amide bonds. The molecule has 0 aliphatic carbocycles. The van der Waals surface area contributed by atoms with E-state index >= 15 is 0 Å². The Hall–Kier alpha value is -4.83. The number of anilines is 1. The largest absolute Gasteiger partial charge is 0.497 e. The highest BCUT2D eigenvalue weighted by Crippen LogP contribution is 2.37. The van der Waals surface area contributed by atoms with Gasteiger partial charge >= 0.3 is 5.97 Å². The van der Waals surface area contributed by atoms with Gasteiger partial charge in [-0.3, -0.25) is 14.2 Å². The molecular weight excluding hydrogens is 569 g/mol. The minimum atomic E-state index is -0.829. The summed E-state index contributed by atoms with van der Waals surface area (Å²) in [5.41, 5.74) is 3.20. The third-order valence-corrected chi connectivity index (χ3v) is 8.45. The van der Waals surface area contributed by atoms with Gasteiger partial charge in [0.1, 0.15) is 16.1 Å². The Morgan fingerprint density at radius 2 is 1.72 bits per heavy atom. The number of thiazole rings is 1. The number of hydrogen-bond donors (Lipinski definition) is 0. The zero-order valence-corrected chi connectivity index (χ0v) is 24.8. The molecule has 2 aliphatic rings. The first-order valence-electron chi connectivity index (χ1n) is 13.7. The van der Waals surface area contributed by atoms with Crippen LogP contribution in [0.1, 0.15) is 43.5 Å². The third-order valence-electron chi connectivity index (χ3n) is 7.40. The first-order chi connectivity index (χ1) is 20.7. The normalized spacial score (nSPS) is 17.1. The number of methoxy groups -OCH3 is 1. The van der Waals surface area contributed by atoms with Crippen molar-refractivity contribution in [3.63, 3.8) is 0 Å². The van der Waals surface area contributed by atoms with Gasteiger partial charge in [-0.15, -0.1) is 0 Å². The summed E-state index contributed by atoms with van der Waals surface area (Å²) in [4.78, 5) is 48.4. The van der Waals surface area contributed by atoms with Crippen LogP contribution < -0.4 is 24.5 Å². The van der Waals surface area contributed by atoms with Crippen molar-refractivity contribution in [3.8, 4) is 5.75 Å². The standard InChI is InChI=1S/C33H28FN3O5S/c1-18(2)42-32(40)26-19(3)35-33-37(28(26)21-11-15-23(41-4)16-12-21)31(39)29(43-33)27-24-7-5-6-8-25(24)36(30(27)38)17-20-9-13-22(34)14-10-20/h5-16,18,28H,17H2,1-4H3/b29-27-/t28-/m0/s1. The number of aromatic nitrogens is 1. The lowest BCUT2D eigenvalue weighted by Gasteiger charge is -2.25. The maximum absolute atomic E-state index is 14.3. The Bertz CT molecular complexity index is 1970. The molecule has 43 heavy (non-hydrogen) atoms. The summed E-state index contributed by atoms with van der Waals surface area (Å²) in [6.07, 6.45) is -0.379. The van der Waals surface area contributed by atoms with E-state index in [9.17, 15) is 18.8 Å². The highest BCUT2D eigenvalue weighted by molar-refractivity contribution is 7.07. The van der Waals surface area contributed by atoms with Gasteiger partial charge in [-0.2, -0.15) is 0 Å². The van der Waals surface area contributed by atoms with Crippen LogP contribution in [0.3, 0.4) is 0 Å². The maximum Gasteiger partial charge on any atom is 0.338 e. The highest BCUT2D eigenvalue weighted by Gasteiger charge is 2.37. The van der Waals surface area contributed by atoms with Crippen LogP contribution in [0.2, 0.25) is 0 Å². The zero-order valence-electron chi connectivity index (χ0n) is 24.0. The molecule has 218 valence electrons. The molecule has 0 fully saturated rings. The van der Waals surface area contributed by atoms with Gasteiger partial charge in [0, 0.05) is 5.56 Å². The summed E-state index contributed by atoms with van der Waals surface area (Å²) < 4.78 is 26.1. The first kappa shape index (κ1) is 28.3. The summed E-state index contributed by atoms with van der Waals surface area (Å²) in [7, 11) is 1.56. The molecule has 4 aromatic rings. The summed E-state index contributed by atoms with van der Waals surface area (Å²) >= 11 is 1.11. The Morgan fingerprint density at radius 1 is 1.02 bits per heavy atom. The van der Waals surface area contributed by atoms with Gasteiger partial charge < -0.3 is 14.4 Å². The van der Waals surface area contributed by atoms with Gasteiger partial charge in [0.2, 0.25) is 0 Å². The second-order valence-corrected chi connectivity index (χ2v) is 11.5. The van der Waals surface area contributed by atoms with E-state index in [1.165, 1.54) is 16.7 Å². The average Bonchev–Trinajstić information content (AvgIpc) is 3.45. The molecule has 3 heterocycles. The van der Waals surface area contributed by atoms with Gasteiger partial charge in [0.15, 0.2) is 4.80 Å². The monoisotopic (exact) mass is 597 g/mol. The predicted octanol–water partition coefficient (Wildman–Crippen LogP) is 4.25. The van der Waals surface area contributed by atoms with Crippen LogP contribution in [0.15, 0.2) is 93.9 Å². The summed E-state index contributed by atoms with van der Waals surface area (Å²) in [5.74, 6) is -0.647. The lowest BCUT2D eigenvalue weighted by Crippen LogP contribution is -2.41. The number of para-hydroxylation sites is 1. The molecular formula is C33H28FN3O5S. The third kappa shape index (κ3) is 4.97. The van der Waals surface area contributed by atoms with Crippen molar-refractivity contribution in [3.05, 3.63) is 126 Å². The van der Waals surface area contributed by atoms with Crippen LogP contribution in [0, 0.1) is 5.82 Å². The van der Waals surface area contributed by atoms with Crippen molar-refractivity contribution >= 4 is 34.5 Å². The molecule has 1 atom stereocenters. The van der Waals surface area contributed by atoms with Crippen LogP contribution in [-0.4, -0.2) is 29.7 Å². The fourth-order valence-corrected chi connectivity index (χ4v) is 6.58. The number of hydrogen-bond acceptors (Lipinski definition) is 7. The van der Waals surface area contributed by atoms with E-state index in [1.54, 1.807) is 69.2 Å². The van der Waals surface area contributed by atoms with Gasteiger partial charge in [-0.05, 0) is 62.2 Å². The fraction of sp³-hybridized carbons (Fsp3) is 0.212. The van der Waals surface area contributed by atoms with Crippen molar-refractivity contribution < 1.29 is 23.5 Å². The number of amides is 1. The smallest absolute Gasteiger partial charge is 0.338 e. The molecule has 0 saturated carbocycles. The van der Waals surface area contributed by atoms with Crippen LogP contribution >= 0.6 is 11.3 Å². The minimum absolute atomic E-state index is 0.205. The quantitative estimate of drug-likeness (QED) is 0.310. The van der Waals surface area contributed by atoms with Crippen molar-refractivity contribution in [2.75, 3.05) is 12.0 Å². The molecule has 0 saturated heterocycles. The molecule has 2 aliphatic heterocycles. The van der Waals surface area contributed by atoms with Gasteiger partial charge in [-0.1, -0.05) is 53.8 Å². The number of allylic oxidation sites excluding steroid dienone is 1. The predicted molar refractivity (Wildman–Crippen MR) is 161 cm³/mol. The number of rotatable bonds is 6. The number of benzene rings is 3. The van der Waals surface area contributed by atoms with E-state index in [2.05, 4.69) is 4.99 Å². The molecule has 0 N–H and O–H groups in total. The Balaban J connectivity index is 1.55. The minimum Gasteiger partial charge on any atom is -0.497 e. The van der Waals surface area contributed by atoms with Crippen LogP contribution in [0.4, 0.5) is 10.1 Å². The Morgan fingerprint density at radius 3 is 2.40 bits per heavy atom. The van der Waals surface area contributed by atoms with Crippen molar-refractivity contribution in [2.45, 2.75) is 39.5 Å². The first-order valence-corrected chi connectivity index (χ1v) is 14.6. The summed E-state index contributed by atoms with van der Waals surface area (Å²) in [5, 5.41) is 0. The number of nitrogens with zero attached hydrogens (tertiary/aromatic N) is 3. The van der Waals surface area contributed by atoms with Crippen molar-refractivity contribution in [2.24, 2.45) is 4.99 Å². The topological polar surface area (TPSA) is 90.2 Å². The second kappa shape index (κ2) is 11.1. The van der Waals surface area contributed by atoms with E-state index in [1.807, 2.05) is 24.3 Å². The van der Waals surface area contributed by atoms with E-state index in [4.69, 9.17) is 9.47 Å². The van der Waals surface area contributed by atoms with Crippen LogP contribution in [0.25, 0.3) is 5.57 Å². The SMILES string of the molecule is COc1ccc([C@H]2C(C(=O)OC(C)C)=C(C)N=c3s/c(=C4\C(=O)N(Cc5ccc(F)cc5)c5ccccc54)c(=O)n32)cc1. The van der Waals surface area contributed by atoms with E-state index in [0.29, 0.717) is 33.1 Å². The number of esters is 1. The Labute approximate surface area is 250 Å². The zero-order chi connectivity index (χ0) is 30.4. The number of carbonyl (C=O) groups excluding carboxylic acids is 2. The lowest BCUT2D eigenvalue weighted by molar-refractivity contribution is -0.143. The second-order valence-electron chi connectivity index (χ2n) is 10.5. The Kier molecular flexibility index (Phi) is 7.31. The molecule has 10 heteroatoms. The molecule has 0 bridgehead atoms. The van der Waals surface area contributed by atoms with E-state index in [-0.39, 0.29) is 40.1 Å². The van der Waals surface area contributed by atoms with Gasteiger partial charge in [0.25, 0.3) is 11.5 Å². The molecule has 6 rings (SSSR count). The molecule has 8 nitrogen and oxygen atoms in total. The number of ether oxygens (including phenoxy) is 2. The van der Waals surface area contributed by atoms with Crippen molar-refractivity contribution in [1.82, 2.24) is 4.57 Å². The van der Waals surface area contributed by atoms with E-state index in [0.717, 1.165) is 16.9 Å². The average molecular weight is 598 g/mol. The number of fused-ring (bicyclic) bond motifs is 2. The molecule has 1 aromatic heterocycles. The molecule has 0 spiro atoms. The summed E-state index contributed by atoms with van der Waals surface area (Å²) in [6, 6.07) is 19.5. The maximum atomic E-state index is 14.3. The lowest BCUT2D eigenvalue weighted by atomic mass is 9.95. The fourth-order valence-electron chi connectivity index (χ4n) is 5.44. The van der Waals surface area contributed by atoms with Gasteiger partial charge in [0.05, 0.1) is 48.3 Å². The number of halogens is 1. The summed E-state index contributed by atoms with van der Waals surface area (Å²) in [6.45, 7) is 5.44. The van der Waals surface area contributed by atoms with E-state index < -0.39 is 17.6 Å². The highest BCUT2D eigenvalue weighted by atomic mass is 32.1. The molecule has 0 radical (unpaired) electrons. The van der Waals surface area contributed by atoms with Crippen LogP contribution in [-0.2, 0) is 20.9 Å². The van der Waals surface area contributed by atoms with Gasteiger partial charge in [-0.25, -0.2) is 14.2 Å². The molecule has 0 unspecified atom stereocenters. The van der Waals surface area contributed by atoms with Crippen molar-refractivity contribution in [1.29, 1.82) is 0 Å².